The van der Waals surface area contributed by atoms with Crippen LogP contribution in [0.25, 0.3) is 0 Å². The van der Waals surface area contributed by atoms with E-state index in [1.165, 1.54) is 0 Å². The Morgan fingerprint density at radius 2 is 2.05 bits per heavy atom. The number of aliphatic hydroxyl groups excluding tert-OH is 1. The fraction of sp³-hybridized carbons (Fsp3) is 0.286. The first-order valence-electron chi connectivity index (χ1n) is 6.10. The van der Waals surface area contributed by atoms with Gasteiger partial charge in [0.2, 0.25) is 0 Å². The van der Waals surface area contributed by atoms with E-state index in [0.717, 1.165) is 12.0 Å². The van der Waals surface area contributed by atoms with Gasteiger partial charge in [-0.1, -0.05) is 36.4 Å². The van der Waals surface area contributed by atoms with Crippen LogP contribution in [0.3, 0.4) is 0 Å². The third-order valence-corrected chi connectivity index (χ3v) is 3.14. The van der Waals surface area contributed by atoms with E-state index < -0.39 is 12.0 Å². The molecule has 5 heteroatoms. The van der Waals surface area contributed by atoms with Crippen LogP contribution in [0.2, 0.25) is 0 Å². The van der Waals surface area contributed by atoms with Crippen molar-refractivity contribution in [2.45, 2.75) is 12.5 Å². The average Bonchev–Trinajstić information content (AvgIpc) is 2.78. The number of aliphatic hydroxyl groups is 1. The van der Waals surface area contributed by atoms with Crippen molar-refractivity contribution in [3.05, 3.63) is 47.5 Å². The summed E-state index contributed by atoms with van der Waals surface area (Å²) < 4.78 is 0. The lowest BCUT2D eigenvalue weighted by Gasteiger charge is -2.17. The van der Waals surface area contributed by atoms with Crippen LogP contribution in [0.5, 0.6) is 0 Å². The van der Waals surface area contributed by atoms with Crippen molar-refractivity contribution in [2.24, 2.45) is 5.73 Å². The third-order valence-electron chi connectivity index (χ3n) is 3.14. The summed E-state index contributed by atoms with van der Waals surface area (Å²) in [6.07, 6.45) is 0.789. The number of hydrogen-bond acceptors (Lipinski definition) is 3. The van der Waals surface area contributed by atoms with Crippen molar-refractivity contribution in [1.29, 1.82) is 0 Å². The van der Waals surface area contributed by atoms with Gasteiger partial charge in [-0.25, -0.2) is 0 Å². The molecule has 1 unspecified atom stereocenters. The van der Waals surface area contributed by atoms with E-state index in [-0.39, 0.29) is 11.5 Å². The van der Waals surface area contributed by atoms with E-state index in [1.54, 1.807) is 11.0 Å². The van der Waals surface area contributed by atoms with Crippen LogP contribution in [0.15, 0.2) is 42.0 Å². The predicted octanol–water partition coefficient (Wildman–Crippen LogP) is -0.156. The van der Waals surface area contributed by atoms with Crippen LogP contribution in [0.1, 0.15) is 5.56 Å². The Morgan fingerprint density at radius 3 is 2.68 bits per heavy atom. The minimum absolute atomic E-state index is 0.0839. The molecule has 5 nitrogen and oxygen atoms in total. The predicted molar refractivity (Wildman–Crippen MR) is 70.0 cm³/mol. The lowest BCUT2D eigenvalue weighted by molar-refractivity contribution is -0.131. The number of primary amides is 1. The normalized spacial score (nSPS) is 16.4. The number of hydrogen-bond donors (Lipinski definition) is 2. The molecule has 0 saturated carbocycles. The summed E-state index contributed by atoms with van der Waals surface area (Å²) in [5.41, 5.74) is 6.21. The highest BCUT2D eigenvalue weighted by molar-refractivity contribution is 6.02. The van der Waals surface area contributed by atoms with Gasteiger partial charge in [-0.2, -0.15) is 0 Å². The van der Waals surface area contributed by atoms with Gasteiger partial charge in [0.05, 0.1) is 5.57 Å². The van der Waals surface area contributed by atoms with Crippen molar-refractivity contribution in [2.75, 3.05) is 13.1 Å². The first-order chi connectivity index (χ1) is 9.09. The van der Waals surface area contributed by atoms with E-state index in [4.69, 9.17) is 5.73 Å². The van der Waals surface area contributed by atoms with Gasteiger partial charge >= 0.3 is 0 Å². The summed E-state index contributed by atoms with van der Waals surface area (Å²) in [5.74, 6) is -1.22. The minimum atomic E-state index is -1.51. The van der Waals surface area contributed by atoms with Crippen LogP contribution in [-0.4, -0.2) is 41.0 Å². The zero-order chi connectivity index (χ0) is 13.8. The van der Waals surface area contributed by atoms with E-state index in [0.29, 0.717) is 13.1 Å². The summed E-state index contributed by atoms with van der Waals surface area (Å²) in [6.45, 7) is 0.958. The molecule has 0 radical (unpaired) electrons. The molecule has 3 N–H and O–H groups in total. The molecule has 2 amide bonds. The fourth-order valence-electron chi connectivity index (χ4n) is 2.04. The minimum Gasteiger partial charge on any atom is -0.378 e. The molecule has 1 aromatic carbocycles. The van der Waals surface area contributed by atoms with Gasteiger partial charge in [-0.15, -0.1) is 0 Å². The number of rotatable bonds is 5. The molecule has 1 aliphatic heterocycles. The Morgan fingerprint density at radius 1 is 1.37 bits per heavy atom. The first-order valence-corrected chi connectivity index (χ1v) is 6.10. The largest absolute Gasteiger partial charge is 0.378 e. The third kappa shape index (κ3) is 3.00. The highest BCUT2D eigenvalue weighted by Gasteiger charge is 2.31. The van der Waals surface area contributed by atoms with E-state index in [9.17, 15) is 14.7 Å². The zero-order valence-electron chi connectivity index (χ0n) is 10.5. The van der Waals surface area contributed by atoms with Crippen LogP contribution in [0, 0.1) is 0 Å². The van der Waals surface area contributed by atoms with Crippen molar-refractivity contribution >= 4 is 11.8 Å². The molecule has 0 aliphatic carbocycles. The smallest absolute Gasteiger partial charge is 0.252 e. The first kappa shape index (κ1) is 13.3. The van der Waals surface area contributed by atoms with Crippen molar-refractivity contribution in [3.63, 3.8) is 0 Å². The monoisotopic (exact) mass is 260 g/mol. The van der Waals surface area contributed by atoms with E-state index in [2.05, 4.69) is 0 Å². The molecule has 1 heterocycles. The van der Waals surface area contributed by atoms with Crippen molar-refractivity contribution in [1.82, 2.24) is 4.90 Å². The molecule has 1 atom stereocenters. The zero-order valence-corrected chi connectivity index (χ0v) is 10.5. The van der Waals surface area contributed by atoms with Gasteiger partial charge in [-0.05, 0) is 12.0 Å². The van der Waals surface area contributed by atoms with Gasteiger partial charge in [0.1, 0.15) is 0 Å². The highest BCUT2D eigenvalue weighted by Crippen LogP contribution is 2.15. The standard InChI is InChI=1S/C14H16N2O3/c15-13(18)12(17)11-7-9-16(14(11)19)8-6-10-4-2-1-3-5-10/h1-5,7,12,17H,6,8-9H2,(H2,15,18). The lowest BCUT2D eigenvalue weighted by Crippen LogP contribution is -2.36. The number of nitrogens with zero attached hydrogens (tertiary/aromatic N) is 1. The summed E-state index contributed by atoms with van der Waals surface area (Å²) in [7, 11) is 0. The van der Waals surface area contributed by atoms with Gasteiger partial charge < -0.3 is 15.7 Å². The summed E-state index contributed by atoms with van der Waals surface area (Å²) >= 11 is 0. The number of benzene rings is 1. The number of carbonyl (C=O) groups excluding carboxylic acids is 2. The Kier molecular flexibility index (Phi) is 3.97. The van der Waals surface area contributed by atoms with Gasteiger partial charge in [0, 0.05) is 13.1 Å². The maximum absolute atomic E-state index is 12.0. The topological polar surface area (TPSA) is 83.6 Å². The Labute approximate surface area is 111 Å². The van der Waals surface area contributed by atoms with Crippen molar-refractivity contribution < 1.29 is 14.7 Å². The van der Waals surface area contributed by atoms with Gasteiger partial charge in [-0.3, -0.25) is 9.59 Å². The SMILES string of the molecule is NC(=O)C(O)C1=CCN(CCc2ccccc2)C1=O. The molecule has 0 spiro atoms. The second-order valence-electron chi connectivity index (χ2n) is 4.45. The molecule has 1 aromatic rings. The van der Waals surface area contributed by atoms with Gasteiger partial charge in [0.25, 0.3) is 11.8 Å². The van der Waals surface area contributed by atoms with E-state index in [1.807, 2.05) is 30.3 Å². The second kappa shape index (κ2) is 5.67. The molecule has 2 rings (SSSR count). The maximum atomic E-state index is 12.0. The highest BCUT2D eigenvalue weighted by atomic mass is 16.3. The average molecular weight is 260 g/mol. The van der Waals surface area contributed by atoms with Gasteiger partial charge in [0.15, 0.2) is 6.10 Å². The number of carbonyl (C=O) groups is 2. The summed E-state index contributed by atoms with van der Waals surface area (Å²) in [6, 6.07) is 9.82. The molecule has 0 fully saturated rings. The quantitative estimate of drug-likeness (QED) is 0.772. The molecular formula is C14H16N2O3. The molecule has 1 aliphatic rings. The Balaban J connectivity index is 1.92. The molecule has 100 valence electrons. The fourth-order valence-corrected chi connectivity index (χ4v) is 2.04. The summed E-state index contributed by atoms with van der Waals surface area (Å²) in [5, 5.41) is 9.51. The van der Waals surface area contributed by atoms with Crippen LogP contribution in [-0.2, 0) is 16.0 Å². The molecular weight excluding hydrogens is 244 g/mol. The van der Waals surface area contributed by atoms with Crippen LogP contribution in [0.4, 0.5) is 0 Å². The second-order valence-corrected chi connectivity index (χ2v) is 4.45. The molecule has 0 aromatic heterocycles. The Bertz CT molecular complexity index is 511. The Hall–Kier alpha value is -2.14. The summed E-state index contributed by atoms with van der Waals surface area (Å²) in [4.78, 5) is 24.4. The molecule has 0 saturated heterocycles. The van der Waals surface area contributed by atoms with E-state index >= 15 is 0 Å². The van der Waals surface area contributed by atoms with Crippen LogP contribution < -0.4 is 5.73 Å². The number of nitrogens with two attached hydrogens (primary N) is 1. The van der Waals surface area contributed by atoms with Crippen molar-refractivity contribution in [3.8, 4) is 0 Å². The molecule has 19 heavy (non-hydrogen) atoms. The van der Waals surface area contributed by atoms with Crippen LogP contribution >= 0.6 is 0 Å². The lowest BCUT2D eigenvalue weighted by atomic mass is 10.1. The maximum Gasteiger partial charge on any atom is 0.252 e. The molecule has 0 bridgehead atoms. The number of amides is 2.